The van der Waals surface area contributed by atoms with Crippen LogP contribution in [0, 0.1) is 0 Å². The first-order chi connectivity index (χ1) is 19.6. The Kier molecular flexibility index (Phi) is 8.41. The number of nitrogens with one attached hydrogen (secondary N) is 1. The van der Waals surface area contributed by atoms with Gasteiger partial charge in [-0.25, -0.2) is 0 Å². The molecule has 0 amide bonds. The minimum Gasteiger partial charge on any atom is -0.465 e. The number of aliphatic hydroxyl groups is 1. The Morgan fingerprint density at radius 2 is 1.90 bits per heavy atom. The number of likely N-dealkylation sites (tertiary alicyclic amines) is 1. The summed E-state index contributed by atoms with van der Waals surface area (Å²) in [6.07, 6.45) is 6.15. The van der Waals surface area contributed by atoms with Gasteiger partial charge in [0.25, 0.3) is 0 Å². The normalized spacial score (nSPS) is 17.7. The van der Waals surface area contributed by atoms with Crippen molar-refractivity contribution in [3.63, 3.8) is 0 Å². The molecule has 0 bridgehead atoms. The van der Waals surface area contributed by atoms with Crippen molar-refractivity contribution in [2.24, 2.45) is 0 Å². The number of H-pyrrole nitrogens is 1. The molecule has 5 rings (SSSR count). The Morgan fingerprint density at radius 1 is 1.17 bits per heavy atom. The molecule has 0 spiro atoms. The van der Waals surface area contributed by atoms with Crippen LogP contribution in [-0.4, -0.2) is 47.2 Å². The van der Waals surface area contributed by atoms with Gasteiger partial charge in [-0.3, -0.25) is 9.59 Å². The maximum atomic E-state index is 13.1. The van der Waals surface area contributed by atoms with Crippen molar-refractivity contribution >= 4 is 23.1 Å². The molecule has 2 aromatic carbocycles. The van der Waals surface area contributed by atoms with E-state index in [4.69, 9.17) is 21.1 Å². The zero-order valence-electron chi connectivity index (χ0n) is 23.8. The maximum absolute atomic E-state index is 13.1. The summed E-state index contributed by atoms with van der Waals surface area (Å²) in [5.74, 6) is 0.712. The third-order valence-corrected chi connectivity index (χ3v) is 8.57. The SMILES string of the molecule is CCOC(=O)C(C)(C)c1cccc2c1CC(=CCCN1CCC(O)(c3ccc(Cl)cc3)CC1)c1c([nH]ccc1=O)O2. The summed E-state index contributed by atoms with van der Waals surface area (Å²) in [5.41, 5.74) is 2.10. The molecule has 41 heavy (non-hydrogen) atoms. The molecular weight excluding hydrogens is 540 g/mol. The van der Waals surface area contributed by atoms with Gasteiger partial charge in [-0.1, -0.05) is 41.9 Å². The number of halogens is 1. The highest BCUT2D eigenvalue weighted by molar-refractivity contribution is 6.30. The van der Waals surface area contributed by atoms with E-state index in [1.807, 2.05) is 56.3 Å². The summed E-state index contributed by atoms with van der Waals surface area (Å²) in [5, 5.41) is 11.9. The van der Waals surface area contributed by atoms with Crippen LogP contribution in [0.3, 0.4) is 0 Å². The van der Waals surface area contributed by atoms with Gasteiger partial charge in [0.2, 0.25) is 5.88 Å². The second-order valence-electron chi connectivity index (χ2n) is 11.4. The molecule has 216 valence electrons. The molecule has 7 nitrogen and oxygen atoms in total. The van der Waals surface area contributed by atoms with Gasteiger partial charge in [0.05, 0.1) is 23.2 Å². The summed E-state index contributed by atoms with van der Waals surface area (Å²) in [6, 6.07) is 14.6. The van der Waals surface area contributed by atoms with Gasteiger partial charge in [-0.05, 0) is 74.9 Å². The van der Waals surface area contributed by atoms with Crippen LogP contribution in [-0.2, 0) is 27.0 Å². The van der Waals surface area contributed by atoms with E-state index in [0.29, 0.717) is 48.1 Å². The average molecular weight is 577 g/mol. The van der Waals surface area contributed by atoms with Crippen molar-refractivity contribution in [3.8, 4) is 11.6 Å². The number of ether oxygens (including phenoxy) is 2. The molecular formula is C33H37ClN2O5. The van der Waals surface area contributed by atoms with Gasteiger partial charge in [0.15, 0.2) is 5.43 Å². The van der Waals surface area contributed by atoms with Crippen molar-refractivity contribution in [2.45, 2.75) is 57.5 Å². The van der Waals surface area contributed by atoms with Gasteiger partial charge in [0, 0.05) is 48.9 Å². The first-order valence-corrected chi connectivity index (χ1v) is 14.6. The number of fused-ring (bicyclic) bond motifs is 2. The molecule has 3 heterocycles. The number of aromatic nitrogens is 1. The van der Waals surface area contributed by atoms with Crippen LogP contribution in [0.2, 0.25) is 5.02 Å². The Balaban J connectivity index is 1.38. The molecule has 2 N–H and O–H groups in total. The summed E-state index contributed by atoms with van der Waals surface area (Å²) in [4.78, 5) is 31.5. The average Bonchev–Trinajstić information content (AvgIpc) is 3.11. The lowest BCUT2D eigenvalue weighted by Crippen LogP contribution is -2.42. The first-order valence-electron chi connectivity index (χ1n) is 14.2. The standard InChI is InChI=1S/C33H37ClN2O5/c1-4-40-31(38)32(2,3)26-8-5-9-28-25(26)21-22(29-27(37)14-17-35-30(29)41-28)7-6-18-36-19-15-33(39,16-20-36)23-10-12-24(34)13-11-23/h5,7-14,17,39H,4,6,15-16,18-21H2,1-3H3,(H,35,37). The van der Waals surface area contributed by atoms with Gasteiger partial charge in [-0.2, -0.15) is 0 Å². The number of hydrogen-bond acceptors (Lipinski definition) is 6. The number of carbonyl (C=O) groups excluding carboxylic acids is 1. The maximum Gasteiger partial charge on any atom is 0.315 e. The van der Waals surface area contributed by atoms with Crippen molar-refractivity contribution in [3.05, 3.63) is 98.3 Å². The molecule has 2 aliphatic rings. The van der Waals surface area contributed by atoms with Crippen LogP contribution in [0.25, 0.3) is 5.57 Å². The number of carbonyl (C=O) groups is 1. The second kappa shape index (κ2) is 11.8. The minimum atomic E-state index is -0.898. The van der Waals surface area contributed by atoms with Gasteiger partial charge in [0.1, 0.15) is 5.75 Å². The highest BCUT2D eigenvalue weighted by Crippen LogP contribution is 2.41. The van der Waals surface area contributed by atoms with E-state index in [9.17, 15) is 14.7 Å². The molecule has 2 aliphatic heterocycles. The van der Waals surface area contributed by atoms with E-state index in [0.717, 1.165) is 48.3 Å². The number of piperidine rings is 1. The summed E-state index contributed by atoms with van der Waals surface area (Å²) in [6.45, 7) is 8.14. The van der Waals surface area contributed by atoms with E-state index in [1.54, 1.807) is 13.1 Å². The van der Waals surface area contributed by atoms with Gasteiger partial charge in [-0.15, -0.1) is 0 Å². The van der Waals surface area contributed by atoms with Crippen molar-refractivity contribution in [1.82, 2.24) is 9.88 Å². The molecule has 1 fully saturated rings. The third kappa shape index (κ3) is 5.98. The molecule has 8 heteroatoms. The summed E-state index contributed by atoms with van der Waals surface area (Å²) in [7, 11) is 0. The molecule has 3 aromatic rings. The number of nitrogens with zero attached hydrogens (tertiary/aromatic N) is 1. The molecule has 0 unspecified atom stereocenters. The lowest BCUT2D eigenvalue weighted by molar-refractivity contribution is -0.148. The first kappa shape index (κ1) is 29.1. The molecule has 0 atom stereocenters. The predicted molar refractivity (Wildman–Crippen MR) is 161 cm³/mol. The molecule has 0 saturated carbocycles. The number of aromatic amines is 1. The van der Waals surface area contributed by atoms with Crippen LogP contribution in [0.4, 0.5) is 0 Å². The lowest BCUT2D eigenvalue weighted by Gasteiger charge is -2.38. The van der Waals surface area contributed by atoms with E-state index in [1.165, 1.54) is 6.07 Å². The predicted octanol–water partition coefficient (Wildman–Crippen LogP) is 5.97. The highest BCUT2D eigenvalue weighted by atomic mass is 35.5. The van der Waals surface area contributed by atoms with Crippen LogP contribution < -0.4 is 10.2 Å². The van der Waals surface area contributed by atoms with E-state index in [2.05, 4.69) is 16.0 Å². The van der Waals surface area contributed by atoms with E-state index < -0.39 is 11.0 Å². The molecule has 1 saturated heterocycles. The number of allylic oxidation sites excluding steroid dienone is 1. The number of rotatable bonds is 7. The van der Waals surface area contributed by atoms with Gasteiger partial charge < -0.3 is 24.5 Å². The topological polar surface area (TPSA) is 91.9 Å². The van der Waals surface area contributed by atoms with Crippen LogP contribution in [0.5, 0.6) is 11.6 Å². The quantitative estimate of drug-likeness (QED) is 0.337. The summed E-state index contributed by atoms with van der Waals surface area (Å²) < 4.78 is 11.7. The number of pyridine rings is 1. The van der Waals surface area contributed by atoms with Crippen molar-refractivity contribution < 1.29 is 19.4 Å². The zero-order valence-corrected chi connectivity index (χ0v) is 24.6. The second-order valence-corrected chi connectivity index (χ2v) is 11.8. The van der Waals surface area contributed by atoms with Crippen LogP contribution >= 0.6 is 11.6 Å². The number of benzene rings is 2. The summed E-state index contributed by atoms with van der Waals surface area (Å²) >= 11 is 6.03. The number of esters is 1. The molecule has 0 radical (unpaired) electrons. The fourth-order valence-corrected chi connectivity index (χ4v) is 6.00. The third-order valence-electron chi connectivity index (χ3n) is 8.32. The van der Waals surface area contributed by atoms with Crippen LogP contribution in [0.15, 0.2) is 65.6 Å². The smallest absolute Gasteiger partial charge is 0.315 e. The fraction of sp³-hybridized carbons (Fsp3) is 0.394. The van der Waals surface area contributed by atoms with E-state index in [-0.39, 0.29) is 11.4 Å². The minimum absolute atomic E-state index is 0.116. The van der Waals surface area contributed by atoms with Crippen LogP contribution in [0.1, 0.15) is 62.3 Å². The van der Waals surface area contributed by atoms with Gasteiger partial charge >= 0.3 is 5.97 Å². The molecule has 0 aliphatic carbocycles. The Morgan fingerprint density at radius 3 is 2.61 bits per heavy atom. The Labute approximate surface area is 245 Å². The highest BCUT2D eigenvalue weighted by Gasteiger charge is 2.36. The van der Waals surface area contributed by atoms with Crippen molar-refractivity contribution in [1.29, 1.82) is 0 Å². The van der Waals surface area contributed by atoms with E-state index >= 15 is 0 Å². The Hall–Kier alpha value is -3.39. The fourth-order valence-electron chi connectivity index (χ4n) is 5.88. The van der Waals surface area contributed by atoms with Crippen molar-refractivity contribution in [2.75, 3.05) is 26.2 Å². The lowest BCUT2D eigenvalue weighted by atomic mass is 9.79. The monoisotopic (exact) mass is 576 g/mol. The molecule has 1 aromatic heterocycles. The largest absolute Gasteiger partial charge is 0.465 e. The zero-order chi connectivity index (χ0) is 29.2. The Bertz CT molecular complexity index is 1500. The number of hydrogen-bond donors (Lipinski definition) is 2.